The van der Waals surface area contributed by atoms with Crippen LogP contribution in [0.3, 0.4) is 0 Å². The van der Waals surface area contributed by atoms with E-state index < -0.39 is 0 Å². The normalized spacial score (nSPS) is 9.45. The average Bonchev–Trinajstić information content (AvgIpc) is 2.27. The lowest BCUT2D eigenvalue weighted by Crippen LogP contribution is -3.00. The molecule has 2 rings (SSSR count). The molecule has 1 heterocycles. The van der Waals surface area contributed by atoms with Crippen LogP contribution in [0.4, 0.5) is 5.13 Å². The third kappa shape index (κ3) is 1.44. The van der Waals surface area contributed by atoms with E-state index in [1.807, 2.05) is 24.3 Å². The second kappa shape index (κ2) is 3.07. The van der Waals surface area contributed by atoms with Crippen molar-refractivity contribution in [3.63, 3.8) is 0 Å². The van der Waals surface area contributed by atoms with Crippen molar-refractivity contribution in [2.24, 2.45) is 0 Å². The fraction of sp³-hybridized carbons (Fsp3) is 0. The minimum Gasteiger partial charge on any atom is -1.00 e. The fourth-order valence-electron chi connectivity index (χ4n) is 0.890. The van der Waals surface area contributed by atoms with Gasteiger partial charge in [0.05, 0.1) is 10.2 Å². The first-order valence-corrected chi connectivity index (χ1v) is 3.79. The van der Waals surface area contributed by atoms with Crippen LogP contribution >= 0.6 is 11.3 Å². The van der Waals surface area contributed by atoms with Crippen molar-refractivity contribution < 1.29 is 12.4 Å². The van der Waals surface area contributed by atoms with E-state index in [1.165, 1.54) is 11.3 Å². The highest BCUT2D eigenvalue weighted by atomic mass is 35.5. The smallest absolute Gasteiger partial charge is 0.181 e. The predicted molar refractivity (Wildman–Crippen MR) is 44.0 cm³/mol. The number of rotatable bonds is 0. The number of nitrogens with zero attached hydrogens (tertiary/aromatic N) is 1. The monoisotopic (exact) mass is 185 g/mol. The number of anilines is 1. The minimum atomic E-state index is 0. The maximum atomic E-state index is 5.50. The Bertz CT molecular complexity index is 325. The van der Waals surface area contributed by atoms with Crippen molar-refractivity contribution in [2.45, 2.75) is 0 Å². The van der Waals surface area contributed by atoms with Crippen LogP contribution in [0, 0.1) is 0 Å². The molecule has 2 nitrogen and oxygen atoms in total. The number of aromatic nitrogens is 1. The Balaban J connectivity index is 0.000000605. The molecular weight excluding hydrogens is 180 g/mol. The van der Waals surface area contributed by atoms with E-state index in [2.05, 4.69) is 4.98 Å². The number of benzene rings is 1. The summed E-state index contributed by atoms with van der Waals surface area (Å²) in [7, 11) is 0. The SMILES string of the molecule is Nc1nc2ccccc2s1.[Cl-]. The number of halogens is 1. The number of nitrogens with two attached hydrogens (primary N) is 1. The van der Waals surface area contributed by atoms with Gasteiger partial charge >= 0.3 is 0 Å². The molecule has 4 heteroatoms. The second-order valence-electron chi connectivity index (χ2n) is 2.02. The lowest BCUT2D eigenvalue weighted by atomic mass is 10.3. The lowest BCUT2D eigenvalue weighted by molar-refractivity contribution is -0.00000199. The second-order valence-corrected chi connectivity index (χ2v) is 3.08. The van der Waals surface area contributed by atoms with Gasteiger partial charge < -0.3 is 18.1 Å². The van der Waals surface area contributed by atoms with E-state index in [-0.39, 0.29) is 12.4 Å². The van der Waals surface area contributed by atoms with Gasteiger partial charge in [-0.15, -0.1) is 0 Å². The molecule has 0 aliphatic carbocycles. The van der Waals surface area contributed by atoms with Crippen molar-refractivity contribution in [1.82, 2.24) is 4.98 Å². The van der Waals surface area contributed by atoms with Gasteiger partial charge in [0, 0.05) is 0 Å². The van der Waals surface area contributed by atoms with Crippen molar-refractivity contribution >= 4 is 26.7 Å². The van der Waals surface area contributed by atoms with E-state index in [1.54, 1.807) is 0 Å². The van der Waals surface area contributed by atoms with Crippen molar-refractivity contribution in [2.75, 3.05) is 5.73 Å². The number of hydrogen-bond acceptors (Lipinski definition) is 3. The zero-order valence-corrected chi connectivity index (χ0v) is 7.19. The molecule has 0 radical (unpaired) electrons. The van der Waals surface area contributed by atoms with Gasteiger partial charge in [0.15, 0.2) is 5.13 Å². The highest BCUT2D eigenvalue weighted by Crippen LogP contribution is 2.22. The molecule has 0 aliphatic heterocycles. The number of nitrogen functional groups attached to an aromatic ring is 1. The van der Waals surface area contributed by atoms with Gasteiger partial charge in [0.25, 0.3) is 0 Å². The van der Waals surface area contributed by atoms with Crippen LogP contribution in [0.25, 0.3) is 10.2 Å². The molecule has 11 heavy (non-hydrogen) atoms. The van der Waals surface area contributed by atoms with Gasteiger partial charge in [-0.05, 0) is 12.1 Å². The summed E-state index contributed by atoms with van der Waals surface area (Å²) < 4.78 is 1.15. The van der Waals surface area contributed by atoms with Crippen LogP contribution in [0.5, 0.6) is 0 Å². The van der Waals surface area contributed by atoms with Crippen molar-refractivity contribution in [1.29, 1.82) is 0 Å². The molecule has 0 fully saturated rings. The first kappa shape index (κ1) is 8.30. The molecule has 0 saturated heterocycles. The zero-order chi connectivity index (χ0) is 6.97. The Morgan fingerprint density at radius 2 is 2.00 bits per heavy atom. The molecule has 0 atom stereocenters. The third-order valence-electron chi connectivity index (χ3n) is 1.31. The van der Waals surface area contributed by atoms with Crippen LogP contribution in [0.1, 0.15) is 0 Å². The van der Waals surface area contributed by atoms with E-state index in [4.69, 9.17) is 5.73 Å². The van der Waals surface area contributed by atoms with Crippen LogP contribution < -0.4 is 18.1 Å². The van der Waals surface area contributed by atoms with Gasteiger partial charge in [-0.1, -0.05) is 23.5 Å². The number of para-hydroxylation sites is 1. The highest BCUT2D eigenvalue weighted by Gasteiger charge is 1.96. The topological polar surface area (TPSA) is 38.9 Å². The molecule has 0 unspecified atom stereocenters. The molecule has 0 amide bonds. The number of thiazole rings is 1. The Morgan fingerprint density at radius 1 is 1.27 bits per heavy atom. The van der Waals surface area contributed by atoms with Crippen molar-refractivity contribution in [3.05, 3.63) is 24.3 Å². The van der Waals surface area contributed by atoms with Gasteiger partial charge in [0.2, 0.25) is 0 Å². The quantitative estimate of drug-likeness (QED) is 0.565. The Labute approximate surface area is 74.5 Å². The van der Waals surface area contributed by atoms with Crippen molar-refractivity contribution in [3.8, 4) is 0 Å². The van der Waals surface area contributed by atoms with E-state index in [0.29, 0.717) is 5.13 Å². The molecule has 58 valence electrons. The predicted octanol–water partition coefficient (Wildman–Crippen LogP) is -1.12. The fourth-order valence-corrected chi connectivity index (χ4v) is 1.62. The summed E-state index contributed by atoms with van der Waals surface area (Å²) in [6, 6.07) is 7.92. The van der Waals surface area contributed by atoms with E-state index in [9.17, 15) is 0 Å². The summed E-state index contributed by atoms with van der Waals surface area (Å²) in [4.78, 5) is 4.11. The first-order valence-electron chi connectivity index (χ1n) is 2.97. The molecular formula is C7H6ClN2S-. The number of hydrogen-bond donors (Lipinski definition) is 1. The summed E-state index contributed by atoms with van der Waals surface area (Å²) in [5, 5.41) is 0.640. The van der Waals surface area contributed by atoms with Crippen LogP contribution in [-0.4, -0.2) is 4.98 Å². The molecule has 0 saturated carbocycles. The summed E-state index contributed by atoms with van der Waals surface area (Å²) in [5.74, 6) is 0. The maximum Gasteiger partial charge on any atom is 0.181 e. The highest BCUT2D eigenvalue weighted by molar-refractivity contribution is 7.22. The minimum absolute atomic E-state index is 0. The van der Waals surface area contributed by atoms with Gasteiger partial charge in [0.1, 0.15) is 0 Å². The summed E-state index contributed by atoms with van der Waals surface area (Å²) in [6.07, 6.45) is 0. The van der Waals surface area contributed by atoms with Gasteiger partial charge in [-0.25, -0.2) is 4.98 Å². The average molecular weight is 186 g/mol. The largest absolute Gasteiger partial charge is 1.00 e. The Morgan fingerprint density at radius 3 is 2.73 bits per heavy atom. The third-order valence-corrected chi connectivity index (χ3v) is 2.18. The van der Waals surface area contributed by atoms with Crippen LogP contribution in [-0.2, 0) is 0 Å². The molecule has 0 bridgehead atoms. The molecule has 0 spiro atoms. The van der Waals surface area contributed by atoms with Gasteiger partial charge in [-0.2, -0.15) is 0 Å². The lowest BCUT2D eigenvalue weighted by Gasteiger charge is -1.80. The molecule has 1 aromatic carbocycles. The first-order chi connectivity index (χ1) is 4.86. The van der Waals surface area contributed by atoms with E-state index >= 15 is 0 Å². The standard InChI is InChI=1S/C7H6N2S.ClH/c8-7-9-5-3-1-2-4-6(5)10-7;/h1-4H,(H2,8,9);1H/p-1. The number of fused-ring (bicyclic) bond motifs is 1. The van der Waals surface area contributed by atoms with Gasteiger partial charge in [-0.3, -0.25) is 0 Å². The summed E-state index contributed by atoms with van der Waals surface area (Å²) in [6.45, 7) is 0. The van der Waals surface area contributed by atoms with E-state index in [0.717, 1.165) is 10.2 Å². The molecule has 2 N–H and O–H groups in total. The zero-order valence-electron chi connectivity index (χ0n) is 5.62. The maximum absolute atomic E-state index is 5.50. The van der Waals surface area contributed by atoms with Crippen LogP contribution in [0.15, 0.2) is 24.3 Å². The molecule has 1 aromatic heterocycles. The summed E-state index contributed by atoms with van der Waals surface area (Å²) in [5.41, 5.74) is 6.49. The Kier molecular flexibility index (Phi) is 2.31. The molecule has 2 aromatic rings. The van der Waals surface area contributed by atoms with Crippen LogP contribution in [0.2, 0.25) is 0 Å². The summed E-state index contributed by atoms with van der Waals surface area (Å²) >= 11 is 1.52. The molecule has 0 aliphatic rings. The Hall–Kier alpha value is -0.800.